The Morgan fingerprint density at radius 3 is 2.64 bits per heavy atom. The molecule has 1 aromatic carbocycles. The normalized spacial score (nSPS) is 11.4. The number of nitrogens with zero attached hydrogens (tertiary/aromatic N) is 6. The van der Waals surface area contributed by atoms with Crippen LogP contribution in [0.2, 0.25) is 0 Å². The summed E-state index contributed by atoms with van der Waals surface area (Å²) in [5, 5.41) is 12.4. The number of fused-ring (bicyclic) bond motifs is 1. The molecule has 0 spiro atoms. The summed E-state index contributed by atoms with van der Waals surface area (Å²) in [7, 11) is 0. The van der Waals surface area contributed by atoms with E-state index in [4.69, 9.17) is 0 Å². The van der Waals surface area contributed by atoms with Gasteiger partial charge in [-0.1, -0.05) is 26.8 Å². The van der Waals surface area contributed by atoms with Crippen molar-refractivity contribution in [1.29, 1.82) is 5.26 Å². The number of hydrogen-bond acceptors (Lipinski definition) is 5. The number of anilines is 1. The van der Waals surface area contributed by atoms with Crippen LogP contribution < -0.4 is 5.32 Å². The molecular weight excluding hydrogens is 450 g/mol. The number of amides is 1. The second-order valence-electron chi connectivity index (χ2n) is 9.66. The largest absolute Gasteiger partial charge is 0.322 e. The zero-order chi connectivity index (χ0) is 25.4. The van der Waals surface area contributed by atoms with Crippen molar-refractivity contribution >= 4 is 17.2 Å². The standard InChI is InChI=1S/C28H25N7O/c1-18-7-8-21(33-27(36)20-12-22(15-29)32-25(13-20)28(2,3)4)14-23(18)34-11-9-26-31-17-24(35(26)34)19-6-5-10-30-16-19/h5-14,16-17H,1-4H3,(H,33,36). The van der Waals surface area contributed by atoms with Crippen LogP contribution in [-0.2, 0) is 5.41 Å². The van der Waals surface area contributed by atoms with Gasteiger partial charge >= 0.3 is 0 Å². The van der Waals surface area contributed by atoms with Crippen LogP contribution in [0.15, 0.2) is 73.3 Å². The van der Waals surface area contributed by atoms with Gasteiger partial charge in [-0.2, -0.15) is 5.26 Å². The van der Waals surface area contributed by atoms with E-state index < -0.39 is 0 Å². The zero-order valence-corrected chi connectivity index (χ0v) is 20.5. The molecule has 0 saturated heterocycles. The third kappa shape index (κ3) is 4.23. The van der Waals surface area contributed by atoms with Gasteiger partial charge in [0.1, 0.15) is 11.8 Å². The third-order valence-corrected chi connectivity index (χ3v) is 5.99. The van der Waals surface area contributed by atoms with Gasteiger partial charge in [0.05, 0.1) is 17.6 Å². The summed E-state index contributed by atoms with van der Waals surface area (Å²) < 4.78 is 4.02. The molecule has 0 radical (unpaired) electrons. The molecule has 8 nitrogen and oxygen atoms in total. The quantitative estimate of drug-likeness (QED) is 0.379. The molecule has 178 valence electrons. The molecule has 0 aliphatic rings. The lowest BCUT2D eigenvalue weighted by molar-refractivity contribution is 0.102. The van der Waals surface area contributed by atoms with Crippen molar-refractivity contribution in [3.05, 3.63) is 95.8 Å². The molecule has 0 atom stereocenters. The van der Waals surface area contributed by atoms with Gasteiger partial charge in [0.2, 0.25) is 0 Å². The van der Waals surface area contributed by atoms with Crippen LogP contribution in [0.25, 0.3) is 22.6 Å². The Morgan fingerprint density at radius 2 is 1.92 bits per heavy atom. The van der Waals surface area contributed by atoms with E-state index in [-0.39, 0.29) is 17.0 Å². The van der Waals surface area contributed by atoms with Gasteiger partial charge in [-0.05, 0) is 48.9 Å². The Labute approximate surface area is 208 Å². The van der Waals surface area contributed by atoms with Gasteiger partial charge in [-0.15, -0.1) is 0 Å². The summed E-state index contributed by atoms with van der Waals surface area (Å²) in [5.74, 6) is -0.300. The van der Waals surface area contributed by atoms with Crippen molar-refractivity contribution in [3.63, 3.8) is 0 Å². The van der Waals surface area contributed by atoms with Crippen molar-refractivity contribution in [1.82, 2.24) is 24.1 Å². The number of hydrogen-bond donors (Lipinski definition) is 1. The van der Waals surface area contributed by atoms with Gasteiger partial charge in [0.25, 0.3) is 5.91 Å². The van der Waals surface area contributed by atoms with Crippen LogP contribution in [0.5, 0.6) is 0 Å². The molecule has 0 saturated carbocycles. The number of benzene rings is 1. The highest BCUT2D eigenvalue weighted by atomic mass is 16.1. The van der Waals surface area contributed by atoms with E-state index in [1.165, 1.54) is 6.07 Å². The summed E-state index contributed by atoms with van der Waals surface area (Å²) in [6.07, 6.45) is 7.32. The molecule has 4 heterocycles. The van der Waals surface area contributed by atoms with E-state index in [0.717, 1.165) is 28.2 Å². The fourth-order valence-corrected chi connectivity index (χ4v) is 4.04. The first kappa shape index (κ1) is 23.0. The highest BCUT2D eigenvalue weighted by Crippen LogP contribution is 2.26. The molecule has 5 rings (SSSR count). The number of pyridine rings is 2. The van der Waals surface area contributed by atoms with E-state index in [9.17, 15) is 10.1 Å². The number of nitrogens with one attached hydrogen (secondary N) is 1. The average molecular weight is 476 g/mol. The van der Waals surface area contributed by atoms with Crippen LogP contribution in [0.4, 0.5) is 5.69 Å². The molecule has 4 aromatic heterocycles. The first-order chi connectivity index (χ1) is 17.2. The molecular formula is C28H25N7O. The van der Waals surface area contributed by atoms with Crippen LogP contribution in [0, 0.1) is 18.3 Å². The summed E-state index contributed by atoms with van der Waals surface area (Å²) in [6, 6.07) is 16.9. The number of imidazole rings is 1. The minimum atomic E-state index is -0.300. The average Bonchev–Trinajstić information content (AvgIpc) is 3.47. The number of rotatable bonds is 4. The molecule has 0 unspecified atom stereocenters. The maximum atomic E-state index is 13.2. The maximum Gasteiger partial charge on any atom is 0.255 e. The summed E-state index contributed by atoms with van der Waals surface area (Å²) in [5.41, 5.74) is 6.23. The fraction of sp³-hybridized carbons (Fsp3) is 0.179. The molecule has 8 heteroatoms. The Bertz CT molecular complexity index is 1630. The van der Waals surface area contributed by atoms with Gasteiger partial charge in [0.15, 0.2) is 5.65 Å². The van der Waals surface area contributed by atoms with E-state index >= 15 is 0 Å². The topological polar surface area (TPSA) is 101 Å². The Morgan fingerprint density at radius 1 is 1.08 bits per heavy atom. The predicted octanol–water partition coefficient (Wildman–Crippen LogP) is 5.31. The smallest absolute Gasteiger partial charge is 0.255 e. The van der Waals surface area contributed by atoms with E-state index in [0.29, 0.717) is 16.9 Å². The molecule has 0 fully saturated rings. The van der Waals surface area contributed by atoms with Crippen LogP contribution in [-0.4, -0.2) is 30.1 Å². The SMILES string of the molecule is Cc1ccc(NC(=O)c2cc(C#N)nc(C(C)(C)C)c2)cc1-n1ccc2ncc(-c3cccnc3)n21. The van der Waals surface area contributed by atoms with Gasteiger partial charge in [-0.25, -0.2) is 14.5 Å². The predicted molar refractivity (Wildman–Crippen MR) is 138 cm³/mol. The second-order valence-corrected chi connectivity index (χ2v) is 9.66. The highest BCUT2D eigenvalue weighted by Gasteiger charge is 2.20. The minimum absolute atomic E-state index is 0.218. The number of nitriles is 1. The van der Waals surface area contributed by atoms with Gasteiger partial charge in [0, 0.05) is 52.6 Å². The number of aryl methyl sites for hydroxylation is 1. The van der Waals surface area contributed by atoms with E-state index in [1.54, 1.807) is 18.5 Å². The lowest BCUT2D eigenvalue weighted by atomic mass is 9.90. The Balaban J connectivity index is 1.52. The molecule has 1 amide bonds. The molecule has 0 aliphatic carbocycles. The second kappa shape index (κ2) is 8.78. The number of carbonyl (C=O) groups is 1. The monoisotopic (exact) mass is 475 g/mol. The molecule has 5 aromatic rings. The highest BCUT2D eigenvalue weighted by molar-refractivity contribution is 6.04. The summed E-state index contributed by atoms with van der Waals surface area (Å²) >= 11 is 0. The number of aromatic nitrogens is 5. The molecule has 1 N–H and O–H groups in total. The third-order valence-electron chi connectivity index (χ3n) is 5.99. The molecule has 0 aliphatic heterocycles. The maximum absolute atomic E-state index is 13.2. The molecule has 0 bridgehead atoms. The lowest BCUT2D eigenvalue weighted by Gasteiger charge is -2.19. The Hall–Kier alpha value is -4.77. The van der Waals surface area contributed by atoms with E-state index in [2.05, 4.69) is 26.3 Å². The van der Waals surface area contributed by atoms with Crippen molar-refractivity contribution < 1.29 is 4.79 Å². The van der Waals surface area contributed by atoms with Crippen LogP contribution in [0.1, 0.15) is 48.1 Å². The lowest BCUT2D eigenvalue weighted by Crippen LogP contribution is -2.18. The first-order valence-electron chi connectivity index (χ1n) is 11.5. The van der Waals surface area contributed by atoms with Gasteiger partial charge in [-0.3, -0.25) is 14.5 Å². The zero-order valence-electron chi connectivity index (χ0n) is 20.5. The van der Waals surface area contributed by atoms with E-state index in [1.807, 2.05) is 85.7 Å². The Kier molecular flexibility index (Phi) is 5.61. The fourth-order valence-electron chi connectivity index (χ4n) is 4.04. The van der Waals surface area contributed by atoms with Crippen molar-refractivity contribution in [2.24, 2.45) is 0 Å². The first-order valence-corrected chi connectivity index (χ1v) is 11.5. The van der Waals surface area contributed by atoms with Crippen molar-refractivity contribution in [2.45, 2.75) is 33.1 Å². The van der Waals surface area contributed by atoms with Crippen molar-refractivity contribution in [3.8, 4) is 23.0 Å². The number of carbonyl (C=O) groups excluding carboxylic acids is 1. The van der Waals surface area contributed by atoms with Crippen molar-refractivity contribution in [2.75, 3.05) is 5.32 Å². The van der Waals surface area contributed by atoms with Crippen LogP contribution in [0.3, 0.4) is 0 Å². The summed E-state index contributed by atoms with van der Waals surface area (Å²) in [4.78, 5) is 26.3. The summed E-state index contributed by atoms with van der Waals surface area (Å²) in [6.45, 7) is 8.01. The van der Waals surface area contributed by atoms with Crippen LogP contribution >= 0.6 is 0 Å². The minimum Gasteiger partial charge on any atom is -0.322 e. The molecule has 36 heavy (non-hydrogen) atoms. The van der Waals surface area contributed by atoms with Gasteiger partial charge < -0.3 is 5.32 Å².